The summed E-state index contributed by atoms with van der Waals surface area (Å²) < 4.78 is 5.73. The molecule has 1 saturated heterocycles. The molecule has 5 nitrogen and oxygen atoms in total. The smallest absolute Gasteiger partial charge is 0.131 e. The number of hydrogen-bond donors (Lipinski definition) is 1. The van der Waals surface area contributed by atoms with E-state index in [2.05, 4.69) is 49.8 Å². The first kappa shape index (κ1) is 16.2. The fourth-order valence-corrected chi connectivity index (χ4v) is 2.56. The van der Waals surface area contributed by atoms with Crippen molar-refractivity contribution in [3.8, 4) is 0 Å². The van der Waals surface area contributed by atoms with Gasteiger partial charge in [0.15, 0.2) is 0 Å². The van der Waals surface area contributed by atoms with Crippen LogP contribution in [0, 0.1) is 0 Å². The second kappa shape index (κ2) is 7.18. The van der Waals surface area contributed by atoms with Gasteiger partial charge in [-0.25, -0.2) is 9.97 Å². The van der Waals surface area contributed by atoms with E-state index in [0.29, 0.717) is 12.0 Å². The molecule has 1 fully saturated rings. The maximum atomic E-state index is 5.73. The Bertz CT molecular complexity index is 464. The number of morpholine rings is 1. The maximum Gasteiger partial charge on any atom is 0.131 e. The van der Waals surface area contributed by atoms with Crippen LogP contribution in [-0.2, 0) is 11.3 Å². The van der Waals surface area contributed by atoms with Crippen molar-refractivity contribution in [2.75, 3.05) is 24.6 Å². The first-order chi connectivity index (χ1) is 10.0. The predicted octanol–water partition coefficient (Wildman–Crippen LogP) is 2.32. The van der Waals surface area contributed by atoms with Crippen molar-refractivity contribution in [3.05, 3.63) is 17.7 Å². The monoisotopic (exact) mass is 292 g/mol. The summed E-state index contributed by atoms with van der Waals surface area (Å²) >= 11 is 0. The van der Waals surface area contributed by atoms with Gasteiger partial charge < -0.3 is 15.0 Å². The molecule has 0 bridgehead atoms. The molecule has 0 radical (unpaired) electrons. The van der Waals surface area contributed by atoms with Gasteiger partial charge in [-0.05, 0) is 20.4 Å². The summed E-state index contributed by atoms with van der Waals surface area (Å²) in [5.74, 6) is 1.26. The van der Waals surface area contributed by atoms with Gasteiger partial charge in [-0.15, -0.1) is 0 Å². The van der Waals surface area contributed by atoms with Gasteiger partial charge >= 0.3 is 0 Å². The lowest BCUT2D eigenvalue weighted by Crippen LogP contribution is -2.48. The van der Waals surface area contributed by atoms with Crippen LogP contribution in [0.1, 0.15) is 52.1 Å². The van der Waals surface area contributed by atoms with Gasteiger partial charge in [0.2, 0.25) is 0 Å². The standard InChI is InChI=1S/C16H28N4O/c1-6-17-7-14-15(8-18-16(19-14)11(2)3)20-9-13(5)21-10-12(20)4/h8,11-13,17H,6-7,9-10H2,1-5H3. The van der Waals surface area contributed by atoms with E-state index in [1.807, 2.05) is 6.20 Å². The number of nitrogens with zero attached hydrogens (tertiary/aromatic N) is 3. The molecule has 2 heterocycles. The van der Waals surface area contributed by atoms with E-state index < -0.39 is 0 Å². The summed E-state index contributed by atoms with van der Waals surface area (Å²) in [5, 5.41) is 3.39. The summed E-state index contributed by atoms with van der Waals surface area (Å²) in [7, 11) is 0. The van der Waals surface area contributed by atoms with Crippen LogP contribution in [0.3, 0.4) is 0 Å². The number of anilines is 1. The Morgan fingerprint density at radius 3 is 2.86 bits per heavy atom. The molecule has 1 aliphatic heterocycles. The fraction of sp³-hybridized carbons (Fsp3) is 0.750. The summed E-state index contributed by atoms with van der Waals surface area (Å²) in [6.07, 6.45) is 2.24. The minimum atomic E-state index is 0.248. The molecule has 118 valence electrons. The van der Waals surface area contributed by atoms with Gasteiger partial charge in [0, 0.05) is 25.0 Å². The van der Waals surface area contributed by atoms with E-state index >= 15 is 0 Å². The van der Waals surface area contributed by atoms with Crippen LogP contribution >= 0.6 is 0 Å². The Morgan fingerprint density at radius 1 is 1.43 bits per heavy atom. The van der Waals surface area contributed by atoms with Gasteiger partial charge in [0.25, 0.3) is 0 Å². The van der Waals surface area contributed by atoms with Gasteiger partial charge in [0.1, 0.15) is 5.82 Å². The Kier molecular flexibility index (Phi) is 5.53. The second-order valence-corrected chi connectivity index (χ2v) is 6.14. The van der Waals surface area contributed by atoms with Crippen molar-refractivity contribution in [2.45, 2.75) is 59.2 Å². The minimum Gasteiger partial charge on any atom is -0.375 e. The number of nitrogens with one attached hydrogen (secondary N) is 1. The minimum absolute atomic E-state index is 0.248. The molecule has 2 rings (SSSR count). The van der Waals surface area contributed by atoms with Crippen LogP contribution in [0.5, 0.6) is 0 Å². The average molecular weight is 292 g/mol. The third-order valence-electron chi connectivity index (χ3n) is 3.84. The van der Waals surface area contributed by atoms with Gasteiger partial charge in [0.05, 0.1) is 30.3 Å². The van der Waals surface area contributed by atoms with Crippen molar-refractivity contribution < 1.29 is 4.74 Å². The van der Waals surface area contributed by atoms with Gasteiger partial charge in [-0.2, -0.15) is 0 Å². The normalized spacial score (nSPS) is 22.9. The Hall–Kier alpha value is -1.20. The summed E-state index contributed by atoms with van der Waals surface area (Å²) in [4.78, 5) is 11.7. The molecule has 1 aliphatic rings. The SMILES string of the molecule is CCNCc1nc(C(C)C)ncc1N1CC(C)OCC1C. The topological polar surface area (TPSA) is 50.3 Å². The molecule has 0 amide bonds. The maximum absolute atomic E-state index is 5.73. The molecule has 0 aromatic carbocycles. The van der Waals surface area contributed by atoms with Crippen LogP contribution in [0.15, 0.2) is 6.20 Å². The van der Waals surface area contributed by atoms with E-state index in [1.54, 1.807) is 0 Å². The van der Waals surface area contributed by atoms with E-state index in [0.717, 1.165) is 43.4 Å². The highest BCUT2D eigenvalue weighted by Gasteiger charge is 2.26. The van der Waals surface area contributed by atoms with Gasteiger partial charge in [-0.1, -0.05) is 20.8 Å². The Labute approximate surface area is 128 Å². The quantitative estimate of drug-likeness (QED) is 0.902. The largest absolute Gasteiger partial charge is 0.375 e. The van der Waals surface area contributed by atoms with Crippen molar-refractivity contribution in [3.63, 3.8) is 0 Å². The highest BCUT2D eigenvalue weighted by Crippen LogP contribution is 2.25. The van der Waals surface area contributed by atoms with Crippen molar-refractivity contribution in [1.29, 1.82) is 0 Å². The molecular formula is C16H28N4O. The number of ether oxygens (including phenoxy) is 1. The zero-order chi connectivity index (χ0) is 15.4. The molecule has 2 unspecified atom stereocenters. The summed E-state index contributed by atoms with van der Waals surface area (Å²) in [5.41, 5.74) is 2.24. The zero-order valence-corrected chi connectivity index (χ0v) is 13.9. The molecule has 1 N–H and O–H groups in total. The lowest BCUT2D eigenvalue weighted by Gasteiger charge is -2.39. The second-order valence-electron chi connectivity index (χ2n) is 6.14. The Morgan fingerprint density at radius 2 is 2.19 bits per heavy atom. The molecular weight excluding hydrogens is 264 g/mol. The molecule has 0 aliphatic carbocycles. The van der Waals surface area contributed by atoms with E-state index in [-0.39, 0.29) is 6.10 Å². The molecule has 1 aromatic heterocycles. The highest BCUT2D eigenvalue weighted by molar-refractivity contribution is 5.50. The highest BCUT2D eigenvalue weighted by atomic mass is 16.5. The molecule has 0 spiro atoms. The van der Waals surface area contributed by atoms with E-state index in [9.17, 15) is 0 Å². The molecule has 2 atom stereocenters. The van der Waals surface area contributed by atoms with E-state index in [4.69, 9.17) is 9.72 Å². The lowest BCUT2D eigenvalue weighted by molar-refractivity contribution is 0.0342. The number of aromatic nitrogens is 2. The van der Waals surface area contributed by atoms with Crippen LogP contribution in [0.4, 0.5) is 5.69 Å². The fourth-order valence-electron chi connectivity index (χ4n) is 2.56. The molecule has 21 heavy (non-hydrogen) atoms. The molecule has 0 saturated carbocycles. The van der Waals surface area contributed by atoms with Gasteiger partial charge in [-0.3, -0.25) is 0 Å². The number of rotatable bonds is 5. The molecule has 1 aromatic rings. The van der Waals surface area contributed by atoms with Crippen LogP contribution in [0.25, 0.3) is 0 Å². The number of hydrogen-bond acceptors (Lipinski definition) is 5. The first-order valence-corrected chi connectivity index (χ1v) is 7.97. The van der Waals surface area contributed by atoms with Crippen molar-refractivity contribution in [2.24, 2.45) is 0 Å². The van der Waals surface area contributed by atoms with E-state index in [1.165, 1.54) is 0 Å². The third kappa shape index (κ3) is 3.92. The summed E-state index contributed by atoms with van der Waals surface area (Å²) in [6.45, 7) is 14.1. The summed E-state index contributed by atoms with van der Waals surface area (Å²) in [6, 6.07) is 0.357. The van der Waals surface area contributed by atoms with Crippen LogP contribution in [0.2, 0.25) is 0 Å². The Balaban J connectivity index is 2.31. The molecule has 5 heteroatoms. The third-order valence-corrected chi connectivity index (χ3v) is 3.84. The van der Waals surface area contributed by atoms with Crippen LogP contribution < -0.4 is 10.2 Å². The first-order valence-electron chi connectivity index (χ1n) is 7.97. The average Bonchev–Trinajstić information content (AvgIpc) is 2.47. The lowest BCUT2D eigenvalue weighted by atomic mass is 10.1. The predicted molar refractivity (Wildman–Crippen MR) is 85.7 cm³/mol. The van der Waals surface area contributed by atoms with Crippen molar-refractivity contribution in [1.82, 2.24) is 15.3 Å². The van der Waals surface area contributed by atoms with Crippen LogP contribution in [-0.4, -0.2) is 41.8 Å². The van der Waals surface area contributed by atoms with Crippen molar-refractivity contribution >= 4 is 5.69 Å². The zero-order valence-electron chi connectivity index (χ0n) is 13.9.